The Balaban J connectivity index is 2.42. The Morgan fingerprint density at radius 2 is 2.00 bits per heavy atom. The van der Waals surface area contributed by atoms with Gasteiger partial charge in [-0.05, 0) is 37.3 Å². The highest BCUT2D eigenvalue weighted by atomic mass is 35.5. The second kappa shape index (κ2) is 5.81. The number of nitrogens with zero attached hydrogens (tertiary/aromatic N) is 1. The standard InChI is InChI=1S/C14H20ClNO2S/c1-11-6-5-9-16(12(11)2)19(17,18)14-8-4-3-7-13(14)10-15/h3-4,7-8,11-12H,5-6,9-10H2,1-2H3. The van der Waals surface area contributed by atoms with E-state index in [1.807, 2.05) is 13.0 Å². The van der Waals surface area contributed by atoms with Crippen molar-refractivity contribution in [2.75, 3.05) is 6.54 Å². The molecular weight excluding hydrogens is 282 g/mol. The maximum Gasteiger partial charge on any atom is 0.243 e. The third-order valence-electron chi connectivity index (χ3n) is 4.02. The molecule has 0 amide bonds. The monoisotopic (exact) mass is 301 g/mol. The molecule has 0 saturated carbocycles. The highest BCUT2D eigenvalue weighted by Gasteiger charge is 2.35. The summed E-state index contributed by atoms with van der Waals surface area (Å²) in [5.74, 6) is 0.611. The SMILES string of the molecule is CC1CCCN(S(=O)(=O)c2ccccc2CCl)C1C. The Kier molecular flexibility index (Phi) is 4.54. The second-order valence-corrected chi connectivity index (χ2v) is 7.34. The Hall–Kier alpha value is -0.580. The first kappa shape index (κ1) is 14.8. The minimum atomic E-state index is -3.44. The molecule has 0 radical (unpaired) electrons. The van der Waals surface area contributed by atoms with Gasteiger partial charge in [-0.1, -0.05) is 25.1 Å². The van der Waals surface area contributed by atoms with Crippen LogP contribution in [0.1, 0.15) is 32.3 Å². The molecule has 0 aliphatic carbocycles. The van der Waals surface area contributed by atoms with E-state index in [-0.39, 0.29) is 11.9 Å². The van der Waals surface area contributed by atoms with Crippen molar-refractivity contribution in [3.63, 3.8) is 0 Å². The molecule has 1 saturated heterocycles. The first-order chi connectivity index (χ1) is 8.98. The van der Waals surface area contributed by atoms with Gasteiger partial charge in [0.05, 0.1) is 4.90 Å². The smallest absolute Gasteiger partial charge is 0.207 e. The van der Waals surface area contributed by atoms with Gasteiger partial charge < -0.3 is 0 Å². The van der Waals surface area contributed by atoms with Crippen LogP contribution in [0.3, 0.4) is 0 Å². The maximum atomic E-state index is 12.8. The van der Waals surface area contributed by atoms with E-state index in [9.17, 15) is 8.42 Å². The lowest BCUT2D eigenvalue weighted by atomic mass is 9.94. The summed E-state index contributed by atoms with van der Waals surface area (Å²) >= 11 is 5.86. The molecular formula is C14H20ClNO2S. The molecule has 1 fully saturated rings. The van der Waals surface area contributed by atoms with Crippen LogP contribution in [0.5, 0.6) is 0 Å². The molecule has 1 aromatic carbocycles. The van der Waals surface area contributed by atoms with Crippen molar-refractivity contribution in [2.45, 2.75) is 43.5 Å². The summed E-state index contributed by atoms with van der Waals surface area (Å²) in [7, 11) is -3.44. The van der Waals surface area contributed by atoms with Gasteiger partial charge in [0.1, 0.15) is 0 Å². The zero-order chi connectivity index (χ0) is 14.0. The summed E-state index contributed by atoms with van der Waals surface area (Å²) in [6.07, 6.45) is 2.01. The quantitative estimate of drug-likeness (QED) is 0.804. The molecule has 19 heavy (non-hydrogen) atoms. The molecule has 1 aromatic rings. The molecule has 106 valence electrons. The molecule has 0 bridgehead atoms. The van der Waals surface area contributed by atoms with E-state index in [4.69, 9.17) is 11.6 Å². The van der Waals surface area contributed by atoms with Gasteiger partial charge in [0.15, 0.2) is 0 Å². The van der Waals surface area contributed by atoms with Crippen molar-refractivity contribution >= 4 is 21.6 Å². The van der Waals surface area contributed by atoms with Crippen LogP contribution in [0.15, 0.2) is 29.2 Å². The minimum Gasteiger partial charge on any atom is -0.207 e. The van der Waals surface area contributed by atoms with Gasteiger partial charge in [-0.3, -0.25) is 0 Å². The van der Waals surface area contributed by atoms with Crippen molar-refractivity contribution in [1.29, 1.82) is 0 Å². The highest BCUT2D eigenvalue weighted by molar-refractivity contribution is 7.89. The van der Waals surface area contributed by atoms with E-state index in [0.29, 0.717) is 22.9 Å². The summed E-state index contributed by atoms with van der Waals surface area (Å²) in [5.41, 5.74) is 0.676. The predicted molar refractivity (Wildman–Crippen MR) is 77.8 cm³/mol. The van der Waals surface area contributed by atoms with Crippen molar-refractivity contribution in [2.24, 2.45) is 5.92 Å². The molecule has 0 spiro atoms. The molecule has 1 heterocycles. The van der Waals surface area contributed by atoms with Crippen molar-refractivity contribution in [1.82, 2.24) is 4.31 Å². The molecule has 2 rings (SSSR count). The largest absolute Gasteiger partial charge is 0.243 e. The zero-order valence-corrected chi connectivity index (χ0v) is 12.9. The second-order valence-electron chi connectivity index (χ2n) is 5.22. The number of halogens is 1. The Morgan fingerprint density at radius 1 is 1.32 bits per heavy atom. The fraction of sp³-hybridized carbons (Fsp3) is 0.571. The van der Waals surface area contributed by atoms with Gasteiger partial charge in [-0.25, -0.2) is 8.42 Å². The van der Waals surface area contributed by atoms with Crippen LogP contribution in [-0.4, -0.2) is 25.3 Å². The van der Waals surface area contributed by atoms with Crippen molar-refractivity contribution in [3.8, 4) is 0 Å². The van der Waals surface area contributed by atoms with Crippen LogP contribution in [0.2, 0.25) is 0 Å². The van der Waals surface area contributed by atoms with Gasteiger partial charge in [-0.2, -0.15) is 4.31 Å². The number of alkyl halides is 1. The summed E-state index contributed by atoms with van der Waals surface area (Å²) in [5, 5.41) is 0. The lowest BCUT2D eigenvalue weighted by Gasteiger charge is -2.37. The van der Waals surface area contributed by atoms with Crippen LogP contribution in [0.4, 0.5) is 0 Å². The van der Waals surface area contributed by atoms with Crippen molar-refractivity contribution in [3.05, 3.63) is 29.8 Å². The fourth-order valence-corrected chi connectivity index (χ4v) is 4.93. The molecule has 2 atom stereocenters. The number of hydrogen-bond acceptors (Lipinski definition) is 2. The molecule has 0 aromatic heterocycles. The van der Waals surface area contributed by atoms with Gasteiger partial charge in [-0.15, -0.1) is 11.6 Å². The number of hydrogen-bond donors (Lipinski definition) is 0. The van der Waals surface area contributed by atoms with Gasteiger partial charge in [0, 0.05) is 18.5 Å². The molecule has 5 heteroatoms. The number of benzene rings is 1. The summed E-state index contributed by atoms with van der Waals surface area (Å²) in [4.78, 5) is 0.353. The first-order valence-electron chi connectivity index (χ1n) is 6.64. The highest BCUT2D eigenvalue weighted by Crippen LogP contribution is 2.30. The van der Waals surface area contributed by atoms with E-state index in [1.54, 1.807) is 22.5 Å². The van der Waals surface area contributed by atoms with Gasteiger partial charge in [0.25, 0.3) is 0 Å². The molecule has 2 unspecified atom stereocenters. The summed E-state index contributed by atoms with van der Waals surface area (Å²) in [6, 6.07) is 7.04. The van der Waals surface area contributed by atoms with Gasteiger partial charge in [0.2, 0.25) is 10.0 Å². The van der Waals surface area contributed by atoms with Gasteiger partial charge >= 0.3 is 0 Å². The average molecular weight is 302 g/mol. The van der Waals surface area contributed by atoms with E-state index in [1.165, 1.54) is 0 Å². The van der Waals surface area contributed by atoms with Crippen LogP contribution in [-0.2, 0) is 15.9 Å². The number of piperidine rings is 1. The Labute approximate surface area is 120 Å². The normalized spacial score (nSPS) is 25.4. The third-order valence-corrected chi connectivity index (χ3v) is 6.39. The lowest BCUT2D eigenvalue weighted by Crippen LogP contribution is -2.46. The molecule has 1 aliphatic rings. The molecule has 1 aliphatic heterocycles. The average Bonchev–Trinajstić information content (AvgIpc) is 2.41. The molecule has 3 nitrogen and oxygen atoms in total. The van der Waals surface area contributed by atoms with Crippen LogP contribution in [0, 0.1) is 5.92 Å². The number of sulfonamides is 1. The van der Waals surface area contributed by atoms with E-state index in [2.05, 4.69) is 6.92 Å². The zero-order valence-electron chi connectivity index (χ0n) is 11.3. The van der Waals surface area contributed by atoms with Crippen LogP contribution < -0.4 is 0 Å². The molecule has 0 N–H and O–H groups in total. The summed E-state index contributed by atoms with van der Waals surface area (Å²) in [6.45, 7) is 4.70. The summed E-state index contributed by atoms with van der Waals surface area (Å²) < 4.78 is 27.2. The van der Waals surface area contributed by atoms with Crippen molar-refractivity contribution < 1.29 is 8.42 Å². The van der Waals surface area contributed by atoms with Crippen LogP contribution in [0.25, 0.3) is 0 Å². The van der Waals surface area contributed by atoms with Crippen LogP contribution >= 0.6 is 11.6 Å². The topological polar surface area (TPSA) is 37.4 Å². The van der Waals surface area contributed by atoms with E-state index >= 15 is 0 Å². The third kappa shape index (κ3) is 2.81. The van der Waals surface area contributed by atoms with E-state index in [0.717, 1.165) is 12.8 Å². The minimum absolute atomic E-state index is 0.0436. The first-order valence-corrected chi connectivity index (χ1v) is 8.61. The number of rotatable bonds is 3. The predicted octanol–water partition coefficient (Wildman–Crippen LogP) is 3.23. The van der Waals surface area contributed by atoms with E-state index < -0.39 is 10.0 Å². The maximum absolute atomic E-state index is 12.8. The Morgan fingerprint density at radius 3 is 2.68 bits per heavy atom. The Bertz CT molecular complexity index is 544. The lowest BCUT2D eigenvalue weighted by molar-refractivity contribution is 0.202. The fourth-order valence-electron chi connectivity index (χ4n) is 2.63.